The van der Waals surface area contributed by atoms with Gasteiger partial charge in [0.15, 0.2) is 17.6 Å². The van der Waals surface area contributed by atoms with Crippen LogP contribution < -0.4 is 0 Å². The van der Waals surface area contributed by atoms with Crippen molar-refractivity contribution >= 4 is 23.9 Å². The van der Waals surface area contributed by atoms with Crippen molar-refractivity contribution in [3.8, 4) is 0 Å². The van der Waals surface area contributed by atoms with Crippen LogP contribution >= 0.6 is 0 Å². The van der Waals surface area contributed by atoms with E-state index in [4.69, 9.17) is 10.2 Å². The highest BCUT2D eigenvalue weighted by molar-refractivity contribution is 6.05. The number of halogens is 3. The van der Waals surface area contributed by atoms with Gasteiger partial charge in [0.05, 0.1) is 18.8 Å². The first-order valence-electron chi connectivity index (χ1n) is 7.10. The lowest BCUT2D eigenvalue weighted by Crippen LogP contribution is -2.28. The number of carbonyl (C=O) groups excluding carboxylic acids is 2. The molecule has 0 atom stereocenters. The summed E-state index contributed by atoms with van der Waals surface area (Å²) < 4.78 is 52.1. The SMILES string of the molecule is CCOC(=O)c1c(F)c(F)c(C(C(=O)O)C(=O)O)c(F)c1C(=O)OCC. The molecule has 0 radical (unpaired) electrons. The summed E-state index contributed by atoms with van der Waals surface area (Å²) >= 11 is 0. The number of carbonyl (C=O) groups is 4. The van der Waals surface area contributed by atoms with Crippen molar-refractivity contribution in [3.63, 3.8) is 0 Å². The zero-order valence-corrected chi connectivity index (χ0v) is 13.5. The minimum absolute atomic E-state index is 0.335. The summed E-state index contributed by atoms with van der Waals surface area (Å²) in [4.78, 5) is 45.8. The van der Waals surface area contributed by atoms with Gasteiger partial charge in [-0.3, -0.25) is 9.59 Å². The molecule has 0 spiro atoms. The Labute approximate surface area is 144 Å². The van der Waals surface area contributed by atoms with E-state index in [1.165, 1.54) is 13.8 Å². The summed E-state index contributed by atoms with van der Waals surface area (Å²) in [5, 5.41) is 17.8. The molecule has 0 aromatic heterocycles. The molecular formula is C15H13F3O8. The maximum atomic E-state index is 14.7. The number of rotatable bonds is 7. The molecule has 0 amide bonds. The van der Waals surface area contributed by atoms with Crippen LogP contribution in [-0.2, 0) is 19.1 Å². The van der Waals surface area contributed by atoms with Crippen LogP contribution in [0.15, 0.2) is 0 Å². The first-order valence-corrected chi connectivity index (χ1v) is 7.10. The van der Waals surface area contributed by atoms with Crippen molar-refractivity contribution in [2.45, 2.75) is 19.8 Å². The number of aliphatic carboxylic acids is 2. The third-order valence-electron chi connectivity index (χ3n) is 3.10. The van der Waals surface area contributed by atoms with E-state index in [0.717, 1.165) is 0 Å². The van der Waals surface area contributed by atoms with Crippen molar-refractivity contribution < 1.29 is 52.0 Å². The highest BCUT2D eigenvalue weighted by Gasteiger charge is 2.41. The predicted molar refractivity (Wildman–Crippen MR) is 76.2 cm³/mol. The number of esters is 2. The van der Waals surface area contributed by atoms with Crippen molar-refractivity contribution in [1.82, 2.24) is 0 Å². The molecule has 0 bridgehead atoms. The van der Waals surface area contributed by atoms with Gasteiger partial charge in [0.2, 0.25) is 0 Å². The number of ether oxygens (including phenoxy) is 2. The molecule has 0 saturated carbocycles. The Morgan fingerprint density at radius 2 is 1.19 bits per heavy atom. The van der Waals surface area contributed by atoms with Gasteiger partial charge in [-0.25, -0.2) is 22.8 Å². The van der Waals surface area contributed by atoms with E-state index in [0.29, 0.717) is 0 Å². The zero-order valence-electron chi connectivity index (χ0n) is 13.5. The Kier molecular flexibility index (Phi) is 6.70. The fraction of sp³-hybridized carbons (Fsp3) is 0.333. The molecule has 1 aromatic rings. The average molecular weight is 378 g/mol. The van der Waals surface area contributed by atoms with E-state index in [9.17, 15) is 32.3 Å². The Morgan fingerprint density at radius 3 is 1.54 bits per heavy atom. The standard InChI is InChI=1S/C15H13F3O8/c1-3-25-14(23)6-7(15(24)26-4-2)11(18)10(17)5(9(6)16)8(12(19)20)13(21)22/h8H,3-4H2,1-2H3,(H,19,20)(H,21,22). The van der Waals surface area contributed by atoms with Gasteiger partial charge in [-0.1, -0.05) is 0 Å². The van der Waals surface area contributed by atoms with E-state index in [1.54, 1.807) is 0 Å². The van der Waals surface area contributed by atoms with Crippen molar-refractivity contribution in [1.29, 1.82) is 0 Å². The second-order valence-corrected chi connectivity index (χ2v) is 4.66. The fourth-order valence-corrected chi connectivity index (χ4v) is 2.07. The largest absolute Gasteiger partial charge is 0.480 e. The highest BCUT2D eigenvalue weighted by Crippen LogP contribution is 2.32. The molecule has 0 aliphatic carbocycles. The number of carboxylic acid groups (broad SMARTS) is 2. The molecule has 0 saturated heterocycles. The normalized spacial score (nSPS) is 10.5. The van der Waals surface area contributed by atoms with Crippen LogP contribution in [0.2, 0.25) is 0 Å². The molecule has 0 fully saturated rings. The third kappa shape index (κ3) is 3.76. The summed E-state index contributed by atoms with van der Waals surface area (Å²) in [7, 11) is 0. The Hall–Kier alpha value is -3.11. The van der Waals surface area contributed by atoms with Crippen LogP contribution in [0, 0.1) is 17.5 Å². The molecule has 1 aromatic carbocycles. The molecule has 2 N–H and O–H groups in total. The Balaban J connectivity index is 3.94. The lowest BCUT2D eigenvalue weighted by molar-refractivity contribution is -0.150. The summed E-state index contributed by atoms with van der Waals surface area (Å²) in [6.45, 7) is 1.90. The lowest BCUT2D eigenvalue weighted by Gasteiger charge is -2.17. The predicted octanol–water partition coefficient (Wildman–Crippen LogP) is 1.71. The number of hydrogen-bond donors (Lipinski definition) is 2. The van der Waals surface area contributed by atoms with Crippen LogP contribution in [0.25, 0.3) is 0 Å². The maximum absolute atomic E-state index is 14.7. The third-order valence-corrected chi connectivity index (χ3v) is 3.10. The number of carboxylic acids is 2. The number of benzene rings is 1. The molecule has 0 unspecified atom stereocenters. The van der Waals surface area contributed by atoms with Crippen molar-refractivity contribution in [2.24, 2.45) is 0 Å². The van der Waals surface area contributed by atoms with Gasteiger partial charge in [-0.05, 0) is 13.8 Å². The second kappa shape index (κ2) is 8.32. The maximum Gasteiger partial charge on any atom is 0.342 e. The Morgan fingerprint density at radius 1 is 0.808 bits per heavy atom. The van der Waals surface area contributed by atoms with E-state index < -0.39 is 63.9 Å². The Bertz CT molecular complexity index is 761. The first-order chi connectivity index (χ1) is 12.1. The van der Waals surface area contributed by atoms with Crippen LogP contribution in [0.5, 0.6) is 0 Å². The molecular weight excluding hydrogens is 365 g/mol. The van der Waals surface area contributed by atoms with Crippen LogP contribution in [0.1, 0.15) is 46.0 Å². The monoisotopic (exact) mass is 378 g/mol. The van der Waals surface area contributed by atoms with E-state index in [2.05, 4.69) is 9.47 Å². The van der Waals surface area contributed by atoms with Crippen molar-refractivity contribution in [3.05, 3.63) is 34.1 Å². The van der Waals surface area contributed by atoms with Gasteiger partial charge in [0.1, 0.15) is 16.9 Å². The topological polar surface area (TPSA) is 127 Å². The molecule has 11 heteroatoms. The van der Waals surface area contributed by atoms with Crippen LogP contribution in [-0.4, -0.2) is 47.3 Å². The van der Waals surface area contributed by atoms with Gasteiger partial charge in [-0.15, -0.1) is 0 Å². The van der Waals surface area contributed by atoms with Gasteiger partial charge >= 0.3 is 23.9 Å². The molecule has 8 nitrogen and oxygen atoms in total. The molecule has 1 rings (SSSR count). The van der Waals surface area contributed by atoms with Gasteiger partial charge < -0.3 is 19.7 Å². The molecule has 26 heavy (non-hydrogen) atoms. The zero-order chi connectivity index (χ0) is 20.2. The van der Waals surface area contributed by atoms with Gasteiger partial charge in [-0.2, -0.15) is 0 Å². The summed E-state index contributed by atoms with van der Waals surface area (Å²) in [5.74, 6) is -16.9. The second-order valence-electron chi connectivity index (χ2n) is 4.66. The molecule has 0 heterocycles. The lowest BCUT2D eigenvalue weighted by atomic mass is 9.92. The first kappa shape index (κ1) is 20.9. The smallest absolute Gasteiger partial charge is 0.342 e. The summed E-state index contributed by atoms with van der Waals surface area (Å²) in [6, 6.07) is 0. The van der Waals surface area contributed by atoms with E-state index in [1.807, 2.05) is 0 Å². The summed E-state index contributed by atoms with van der Waals surface area (Å²) in [5.41, 5.74) is -4.66. The average Bonchev–Trinajstić information content (AvgIpc) is 2.53. The molecule has 0 aliphatic heterocycles. The fourth-order valence-electron chi connectivity index (χ4n) is 2.07. The van der Waals surface area contributed by atoms with Crippen molar-refractivity contribution in [2.75, 3.05) is 13.2 Å². The summed E-state index contributed by atoms with van der Waals surface area (Å²) in [6.07, 6.45) is 0. The molecule has 0 aliphatic rings. The van der Waals surface area contributed by atoms with Crippen LogP contribution in [0.3, 0.4) is 0 Å². The highest BCUT2D eigenvalue weighted by atomic mass is 19.2. The van der Waals surface area contributed by atoms with Crippen LogP contribution in [0.4, 0.5) is 13.2 Å². The minimum atomic E-state index is -2.87. The number of hydrogen-bond acceptors (Lipinski definition) is 6. The molecule has 142 valence electrons. The quantitative estimate of drug-likeness (QED) is 0.417. The van der Waals surface area contributed by atoms with Gasteiger partial charge in [0.25, 0.3) is 0 Å². The van der Waals surface area contributed by atoms with E-state index >= 15 is 0 Å². The minimum Gasteiger partial charge on any atom is -0.480 e. The van der Waals surface area contributed by atoms with E-state index in [-0.39, 0.29) is 13.2 Å². The van der Waals surface area contributed by atoms with Gasteiger partial charge in [0, 0.05) is 0 Å².